The molecule has 4 rings (SSSR count). The lowest BCUT2D eigenvalue weighted by atomic mass is 9.85. The SMILES string of the molecule is O=C(COc1ccc2c(C(F)(F)F)cc(=O)n(CC3CCC3)c2c1)NCCc1ccccc1. The summed E-state index contributed by atoms with van der Waals surface area (Å²) in [6, 6.07) is 14.5. The summed E-state index contributed by atoms with van der Waals surface area (Å²) in [5.74, 6) is 0.186. The number of pyridine rings is 1. The number of carbonyl (C=O) groups is 1. The molecule has 1 aromatic heterocycles. The van der Waals surface area contributed by atoms with Gasteiger partial charge in [-0.2, -0.15) is 13.2 Å². The van der Waals surface area contributed by atoms with Crippen LogP contribution in [0.15, 0.2) is 59.4 Å². The van der Waals surface area contributed by atoms with Crippen molar-refractivity contribution >= 4 is 16.8 Å². The molecule has 2 aromatic carbocycles. The number of nitrogens with zero attached hydrogens (tertiary/aromatic N) is 1. The van der Waals surface area contributed by atoms with Crippen LogP contribution in [0.1, 0.15) is 30.4 Å². The van der Waals surface area contributed by atoms with Gasteiger partial charge in [-0.3, -0.25) is 9.59 Å². The number of rotatable bonds is 8. The zero-order valence-corrected chi connectivity index (χ0v) is 18.0. The normalized spacial score (nSPS) is 14.2. The lowest BCUT2D eigenvalue weighted by Crippen LogP contribution is -2.30. The van der Waals surface area contributed by atoms with E-state index in [9.17, 15) is 22.8 Å². The fraction of sp³-hybridized carbons (Fsp3) is 0.360. The highest BCUT2D eigenvalue weighted by atomic mass is 19.4. The van der Waals surface area contributed by atoms with Gasteiger partial charge >= 0.3 is 6.18 Å². The van der Waals surface area contributed by atoms with Crippen LogP contribution in [0.25, 0.3) is 10.9 Å². The van der Waals surface area contributed by atoms with Crippen LogP contribution in [-0.2, 0) is 23.9 Å². The van der Waals surface area contributed by atoms with Crippen LogP contribution in [-0.4, -0.2) is 23.6 Å². The van der Waals surface area contributed by atoms with E-state index in [4.69, 9.17) is 4.74 Å². The third kappa shape index (κ3) is 5.56. The summed E-state index contributed by atoms with van der Waals surface area (Å²) in [7, 11) is 0. The molecule has 1 amide bonds. The van der Waals surface area contributed by atoms with Crippen molar-refractivity contribution < 1.29 is 22.7 Å². The second-order valence-electron chi connectivity index (χ2n) is 8.35. The number of carbonyl (C=O) groups excluding carboxylic acids is 1. The van der Waals surface area contributed by atoms with Gasteiger partial charge in [0.05, 0.1) is 11.1 Å². The highest BCUT2D eigenvalue weighted by Gasteiger charge is 2.34. The van der Waals surface area contributed by atoms with Gasteiger partial charge in [0, 0.05) is 30.6 Å². The number of hydrogen-bond acceptors (Lipinski definition) is 3. The van der Waals surface area contributed by atoms with Gasteiger partial charge in [0.25, 0.3) is 11.5 Å². The average molecular weight is 458 g/mol. The van der Waals surface area contributed by atoms with E-state index >= 15 is 0 Å². The molecule has 0 unspecified atom stereocenters. The Morgan fingerprint density at radius 1 is 1.09 bits per heavy atom. The van der Waals surface area contributed by atoms with Gasteiger partial charge in [0.15, 0.2) is 6.61 Å². The van der Waals surface area contributed by atoms with Crippen molar-refractivity contribution in [2.24, 2.45) is 5.92 Å². The number of hydrogen-bond donors (Lipinski definition) is 1. The lowest BCUT2D eigenvalue weighted by molar-refractivity contribution is -0.136. The van der Waals surface area contributed by atoms with Crippen molar-refractivity contribution in [2.75, 3.05) is 13.2 Å². The molecule has 1 fully saturated rings. The molecular weight excluding hydrogens is 433 g/mol. The Bertz CT molecular complexity index is 1190. The number of halogens is 3. The van der Waals surface area contributed by atoms with E-state index in [1.54, 1.807) is 0 Å². The van der Waals surface area contributed by atoms with Crippen LogP contribution in [0.3, 0.4) is 0 Å². The molecular formula is C25H25F3N2O3. The molecule has 1 aliphatic carbocycles. The Morgan fingerprint density at radius 2 is 1.85 bits per heavy atom. The summed E-state index contributed by atoms with van der Waals surface area (Å²) in [6.07, 6.45) is -1.00. The van der Waals surface area contributed by atoms with Crippen molar-refractivity contribution in [3.63, 3.8) is 0 Å². The second kappa shape index (κ2) is 9.68. The fourth-order valence-corrected chi connectivity index (χ4v) is 4.00. The zero-order chi connectivity index (χ0) is 23.4. The van der Waals surface area contributed by atoms with E-state index in [1.165, 1.54) is 22.8 Å². The number of ether oxygens (including phenoxy) is 1. The number of fused-ring (bicyclic) bond motifs is 1. The number of benzene rings is 2. The minimum atomic E-state index is -4.64. The molecule has 1 saturated carbocycles. The van der Waals surface area contributed by atoms with Crippen molar-refractivity contribution in [3.05, 3.63) is 76.1 Å². The van der Waals surface area contributed by atoms with Gasteiger partial charge in [-0.1, -0.05) is 36.8 Å². The monoisotopic (exact) mass is 458 g/mol. The first-order chi connectivity index (χ1) is 15.8. The molecule has 0 aliphatic heterocycles. The first kappa shape index (κ1) is 22.9. The second-order valence-corrected chi connectivity index (χ2v) is 8.35. The third-order valence-electron chi connectivity index (χ3n) is 6.00. The third-order valence-corrected chi connectivity index (χ3v) is 6.00. The molecule has 0 radical (unpaired) electrons. The van der Waals surface area contributed by atoms with Crippen molar-refractivity contribution in [3.8, 4) is 5.75 Å². The molecule has 3 aromatic rings. The summed E-state index contributed by atoms with van der Waals surface area (Å²) in [5.41, 5.74) is -0.378. The molecule has 0 atom stereocenters. The molecule has 0 saturated heterocycles. The molecule has 174 valence electrons. The first-order valence-electron chi connectivity index (χ1n) is 11.0. The van der Waals surface area contributed by atoms with Gasteiger partial charge in [0.1, 0.15) is 5.75 Å². The smallest absolute Gasteiger partial charge is 0.417 e. The summed E-state index contributed by atoms with van der Waals surface area (Å²) >= 11 is 0. The van der Waals surface area contributed by atoms with Crippen LogP contribution in [0, 0.1) is 5.92 Å². The predicted molar refractivity (Wildman–Crippen MR) is 119 cm³/mol. The highest BCUT2D eigenvalue weighted by molar-refractivity contribution is 5.85. The lowest BCUT2D eigenvalue weighted by Gasteiger charge is -2.27. The Balaban J connectivity index is 1.49. The molecule has 8 heteroatoms. The summed E-state index contributed by atoms with van der Waals surface area (Å²) in [5, 5.41) is 2.71. The Kier molecular flexibility index (Phi) is 6.72. The van der Waals surface area contributed by atoms with Crippen molar-refractivity contribution in [2.45, 2.75) is 38.4 Å². The first-order valence-corrected chi connectivity index (χ1v) is 11.0. The molecule has 1 aliphatic rings. The summed E-state index contributed by atoms with van der Waals surface area (Å²) in [4.78, 5) is 24.7. The van der Waals surface area contributed by atoms with Crippen molar-refractivity contribution in [1.82, 2.24) is 9.88 Å². The molecule has 1 N–H and O–H groups in total. The maximum absolute atomic E-state index is 13.5. The molecule has 1 heterocycles. The minimum Gasteiger partial charge on any atom is -0.484 e. The van der Waals surface area contributed by atoms with Crippen LogP contribution in [0.5, 0.6) is 5.75 Å². The van der Waals surface area contributed by atoms with E-state index in [1.807, 2.05) is 30.3 Å². The highest BCUT2D eigenvalue weighted by Crippen LogP contribution is 2.36. The Hall–Kier alpha value is -3.29. The number of nitrogens with one attached hydrogen (secondary N) is 1. The van der Waals surface area contributed by atoms with Gasteiger partial charge in [-0.15, -0.1) is 0 Å². The Labute approximate surface area is 189 Å². The van der Waals surface area contributed by atoms with Crippen LogP contribution < -0.4 is 15.6 Å². The van der Waals surface area contributed by atoms with E-state index in [0.717, 1.165) is 24.8 Å². The summed E-state index contributed by atoms with van der Waals surface area (Å²) < 4.78 is 47.5. The van der Waals surface area contributed by atoms with Crippen LogP contribution in [0.4, 0.5) is 13.2 Å². The average Bonchev–Trinajstić information content (AvgIpc) is 2.75. The fourth-order valence-electron chi connectivity index (χ4n) is 4.00. The molecule has 0 spiro atoms. The van der Waals surface area contributed by atoms with Gasteiger partial charge < -0.3 is 14.6 Å². The van der Waals surface area contributed by atoms with Crippen LogP contribution >= 0.6 is 0 Å². The van der Waals surface area contributed by atoms with E-state index in [0.29, 0.717) is 25.6 Å². The minimum absolute atomic E-state index is 0.0545. The van der Waals surface area contributed by atoms with E-state index < -0.39 is 17.3 Å². The van der Waals surface area contributed by atoms with Crippen LogP contribution in [0.2, 0.25) is 0 Å². The maximum atomic E-state index is 13.5. The standard InChI is InChI=1S/C25H25F3N2O3/c26-25(27,28)21-14-24(32)30(15-18-7-4-8-18)22-13-19(9-10-20(21)22)33-16-23(31)29-12-11-17-5-2-1-3-6-17/h1-3,5-6,9-10,13-14,18H,4,7-8,11-12,15-16H2,(H,29,31). The number of alkyl halides is 3. The Morgan fingerprint density at radius 3 is 2.52 bits per heavy atom. The molecule has 33 heavy (non-hydrogen) atoms. The quantitative estimate of drug-likeness (QED) is 0.539. The molecule has 0 bridgehead atoms. The maximum Gasteiger partial charge on any atom is 0.417 e. The van der Waals surface area contributed by atoms with Gasteiger partial charge in [-0.25, -0.2) is 0 Å². The predicted octanol–water partition coefficient (Wildman–Crippen LogP) is 4.56. The topological polar surface area (TPSA) is 60.3 Å². The summed E-state index contributed by atoms with van der Waals surface area (Å²) in [6.45, 7) is 0.544. The van der Waals surface area contributed by atoms with E-state index in [2.05, 4.69) is 5.32 Å². The van der Waals surface area contributed by atoms with Crippen molar-refractivity contribution in [1.29, 1.82) is 0 Å². The molecule has 5 nitrogen and oxygen atoms in total. The number of amides is 1. The van der Waals surface area contributed by atoms with Gasteiger partial charge in [-0.05, 0) is 42.9 Å². The van der Waals surface area contributed by atoms with Gasteiger partial charge in [0.2, 0.25) is 0 Å². The number of aromatic nitrogens is 1. The van der Waals surface area contributed by atoms with E-state index in [-0.39, 0.29) is 35.1 Å². The largest absolute Gasteiger partial charge is 0.484 e. The zero-order valence-electron chi connectivity index (χ0n) is 18.0.